The fourth-order valence-electron chi connectivity index (χ4n) is 3.89. The van der Waals surface area contributed by atoms with Gasteiger partial charge < -0.3 is 19.2 Å². The number of fused-ring (bicyclic) bond motifs is 2. The number of carboxylic acid groups (broad SMARTS) is 1. The van der Waals surface area contributed by atoms with Crippen molar-refractivity contribution in [3.05, 3.63) is 87.1 Å². The van der Waals surface area contributed by atoms with E-state index in [-0.39, 0.29) is 11.4 Å². The molecule has 1 N–H and O–H groups in total. The molecule has 0 spiro atoms. The van der Waals surface area contributed by atoms with E-state index in [2.05, 4.69) is 21.0 Å². The van der Waals surface area contributed by atoms with Crippen LogP contribution in [0.4, 0.5) is 5.69 Å². The number of carboxylic acids is 1. The number of aliphatic carboxylic acids is 1. The molecule has 0 aliphatic heterocycles. The smallest absolute Gasteiger partial charge is 0.344 e. The second-order valence-corrected chi connectivity index (χ2v) is 9.74. The maximum Gasteiger partial charge on any atom is 0.344 e. The van der Waals surface area contributed by atoms with Gasteiger partial charge in [-0.3, -0.25) is 4.79 Å². The Bertz CT molecular complexity index is 1770. The predicted octanol–water partition coefficient (Wildman–Crippen LogP) is 5.37. The highest BCUT2D eigenvalue weighted by atomic mass is 79.9. The van der Waals surface area contributed by atoms with Gasteiger partial charge in [0.05, 0.1) is 17.1 Å². The lowest BCUT2D eigenvalue weighted by molar-refractivity contribution is -0.144. The van der Waals surface area contributed by atoms with Crippen molar-refractivity contribution in [3.8, 4) is 17.3 Å². The van der Waals surface area contributed by atoms with Gasteiger partial charge in [-0.1, -0.05) is 28.1 Å². The zero-order valence-corrected chi connectivity index (χ0v) is 22.3. The molecule has 5 rings (SSSR count). The minimum atomic E-state index is -1.10. The van der Waals surface area contributed by atoms with Crippen LogP contribution in [0.5, 0.6) is 5.75 Å². The molecule has 10 heteroatoms. The third kappa shape index (κ3) is 4.90. The summed E-state index contributed by atoms with van der Waals surface area (Å²) in [6, 6.07) is 19.7. The number of hydrogen-bond donors (Lipinski definition) is 1. The van der Waals surface area contributed by atoms with E-state index in [4.69, 9.17) is 14.1 Å². The van der Waals surface area contributed by atoms with Crippen LogP contribution in [0.15, 0.2) is 85.5 Å². The standard InChI is InChI=1S/C28H23BrN4O5/c1-16(28(35)36)37-24-14-20(32(2)3)10-8-17(24)15-30-33-26(31-22-7-5-4-6-21(22)27(33)34)25-13-18-12-19(29)9-11-23(18)38-25/h4-16H,1-3H3,(H,35,36)/t16-/m1/s1. The SMILES string of the molecule is C[C@@H](Oc1cc(N(C)C)ccc1C=Nn1c(-c2cc3cc(Br)ccc3o2)nc2ccccc2c1=O)C(=O)O. The Morgan fingerprint density at radius 1 is 1.16 bits per heavy atom. The van der Waals surface area contributed by atoms with E-state index in [1.165, 1.54) is 17.8 Å². The summed E-state index contributed by atoms with van der Waals surface area (Å²) in [5.41, 5.74) is 2.07. The predicted molar refractivity (Wildman–Crippen MR) is 150 cm³/mol. The molecule has 0 aliphatic carbocycles. The Morgan fingerprint density at radius 2 is 1.95 bits per heavy atom. The first kappa shape index (κ1) is 25.2. The Balaban J connectivity index is 1.67. The molecule has 0 unspecified atom stereocenters. The molecule has 3 aromatic carbocycles. The maximum absolute atomic E-state index is 13.6. The molecule has 2 aromatic heterocycles. The Labute approximate surface area is 225 Å². The topological polar surface area (TPSA) is 110 Å². The van der Waals surface area contributed by atoms with E-state index in [0.717, 1.165) is 15.5 Å². The van der Waals surface area contributed by atoms with Crippen molar-refractivity contribution in [3.63, 3.8) is 0 Å². The molecule has 5 aromatic rings. The van der Waals surface area contributed by atoms with Crippen molar-refractivity contribution >= 4 is 55.7 Å². The molecular formula is C28H23BrN4O5. The molecule has 0 radical (unpaired) electrons. The molecule has 192 valence electrons. The van der Waals surface area contributed by atoms with Crippen LogP contribution in [0.1, 0.15) is 12.5 Å². The van der Waals surface area contributed by atoms with Gasteiger partial charge in [0.15, 0.2) is 11.9 Å². The van der Waals surface area contributed by atoms with Gasteiger partial charge in [0, 0.05) is 41.3 Å². The second kappa shape index (κ2) is 10.1. The number of ether oxygens (including phenoxy) is 1. The van der Waals surface area contributed by atoms with E-state index in [9.17, 15) is 14.7 Å². The van der Waals surface area contributed by atoms with E-state index >= 15 is 0 Å². The van der Waals surface area contributed by atoms with Crippen molar-refractivity contribution < 1.29 is 19.1 Å². The molecule has 2 heterocycles. The highest BCUT2D eigenvalue weighted by molar-refractivity contribution is 9.10. The fourth-order valence-corrected chi connectivity index (χ4v) is 4.26. The summed E-state index contributed by atoms with van der Waals surface area (Å²) >= 11 is 3.47. The number of halogens is 1. The average molecular weight is 575 g/mol. The molecule has 0 amide bonds. The quantitative estimate of drug-likeness (QED) is 0.260. The Hall–Kier alpha value is -4.44. The van der Waals surface area contributed by atoms with Crippen LogP contribution in [0.3, 0.4) is 0 Å². The van der Waals surface area contributed by atoms with E-state index in [1.54, 1.807) is 42.5 Å². The van der Waals surface area contributed by atoms with Gasteiger partial charge in [-0.25, -0.2) is 9.78 Å². The van der Waals surface area contributed by atoms with Crippen LogP contribution in [-0.4, -0.2) is 47.1 Å². The number of benzene rings is 3. The summed E-state index contributed by atoms with van der Waals surface area (Å²) < 4.78 is 13.8. The van der Waals surface area contributed by atoms with Gasteiger partial charge in [0.25, 0.3) is 5.56 Å². The first-order valence-electron chi connectivity index (χ1n) is 11.7. The maximum atomic E-state index is 13.6. The number of anilines is 1. The average Bonchev–Trinajstić information content (AvgIpc) is 3.31. The molecule has 0 bridgehead atoms. The van der Waals surface area contributed by atoms with Crippen molar-refractivity contribution in [1.82, 2.24) is 9.66 Å². The van der Waals surface area contributed by atoms with E-state index < -0.39 is 12.1 Å². The molecule has 38 heavy (non-hydrogen) atoms. The number of hydrogen-bond acceptors (Lipinski definition) is 7. The summed E-state index contributed by atoms with van der Waals surface area (Å²) in [6.07, 6.45) is 0.360. The van der Waals surface area contributed by atoms with Crippen molar-refractivity contribution in [2.24, 2.45) is 5.10 Å². The lowest BCUT2D eigenvalue weighted by Gasteiger charge is -2.17. The van der Waals surface area contributed by atoms with Gasteiger partial charge in [-0.05, 0) is 55.5 Å². The second-order valence-electron chi connectivity index (χ2n) is 8.82. The van der Waals surface area contributed by atoms with Crippen molar-refractivity contribution in [2.45, 2.75) is 13.0 Å². The summed E-state index contributed by atoms with van der Waals surface area (Å²) in [7, 11) is 3.73. The van der Waals surface area contributed by atoms with Crippen molar-refractivity contribution in [1.29, 1.82) is 0 Å². The lowest BCUT2D eigenvalue weighted by atomic mass is 10.2. The molecule has 0 saturated carbocycles. The minimum Gasteiger partial charge on any atom is -0.479 e. The molecule has 0 aliphatic rings. The lowest BCUT2D eigenvalue weighted by Crippen LogP contribution is -2.24. The fraction of sp³-hybridized carbons (Fsp3) is 0.143. The minimum absolute atomic E-state index is 0.226. The summed E-state index contributed by atoms with van der Waals surface area (Å²) in [4.78, 5) is 31.6. The highest BCUT2D eigenvalue weighted by Gasteiger charge is 2.18. The normalized spacial score (nSPS) is 12.3. The molecule has 1 atom stereocenters. The van der Waals surface area contributed by atoms with Crippen LogP contribution in [0.25, 0.3) is 33.5 Å². The van der Waals surface area contributed by atoms with Crippen LogP contribution in [0, 0.1) is 0 Å². The molecule has 0 fully saturated rings. The Morgan fingerprint density at radius 3 is 2.71 bits per heavy atom. The van der Waals surface area contributed by atoms with Gasteiger partial charge >= 0.3 is 5.97 Å². The van der Waals surface area contributed by atoms with E-state index in [1.807, 2.05) is 43.3 Å². The number of para-hydroxylation sites is 1. The molecule has 0 saturated heterocycles. The number of furan rings is 1. The zero-order valence-electron chi connectivity index (χ0n) is 20.8. The number of carbonyl (C=O) groups is 1. The van der Waals surface area contributed by atoms with Crippen LogP contribution < -0.4 is 15.2 Å². The van der Waals surface area contributed by atoms with Gasteiger partial charge in [0.1, 0.15) is 11.3 Å². The third-order valence-electron chi connectivity index (χ3n) is 5.93. The first-order chi connectivity index (χ1) is 18.2. The number of rotatable bonds is 7. The molecule has 9 nitrogen and oxygen atoms in total. The summed E-state index contributed by atoms with van der Waals surface area (Å²) in [5, 5.41) is 15.1. The summed E-state index contributed by atoms with van der Waals surface area (Å²) in [5.74, 6) is -0.190. The summed E-state index contributed by atoms with van der Waals surface area (Å²) in [6.45, 7) is 1.45. The largest absolute Gasteiger partial charge is 0.479 e. The first-order valence-corrected chi connectivity index (χ1v) is 12.5. The van der Waals surface area contributed by atoms with Gasteiger partial charge in [0.2, 0.25) is 5.82 Å². The van der Waals surface area contributed by atoms with Gasteiger partial charge in [-0.2, -0.15) is 9.78 Å². The zero-order chi connectivity index (χ0) is 27.0. The van der Waals surface area contributed by atoms with Crippen LogP contribution in [-0.2, 0) is 4.79 Å². The highest BCUT2D eigenvalue weighted by Crippen LogP contribution is 2.30. The number of aromatic nitrogens is 2. The molecular weight excluding hydrogens is 552 g/mol. The Kier molecular flexibility index (Phi) is 6.73. The third-order valence-corrected chi connectivity index (χ3v) is 6.42. The van der Waals surface area contributed by atoms with Crippen molar-refractivity contribution in [2.75, 3.05) is 19.0 Å². The van der Waals surface area contributed by atoms with E-state index in [0.29, 0.717) is 33.6 Å². The van der Waals surface area contributed by atoms with Gasteiger partial charge in [-0.15, -0.1) is 0 Å². The van der Waals surface area contributed by atoms with Crippen LogP contribution in [0.2, 0.25) is 0 Å². The monoisotopic (exact) mass is 574 g/mol. The van der Waals surface area contributed by atoms with Crippen LogP contribution >= 0.6 is 15.9 Å². The number of nitrogens with zero attached hydrogens (tertiary/aromatic N) is 4.